The van der Waals surface area contributed by atoms with Crippen LogP contribution >= 0.6 is 11.6 Å². The molecule has 0 aliphatic carbocycles. The maximum Gasteiger partial charge on any atom is 0.337 e. The normalized spacial score (nSPS) is 10.2. The number of rotatable bonds is 6. The molecule has 0 heterocycles. The highest BCUT2D eigenvalue weighted by Crippen LogP contribution is 2.11. The number of esters is 1. The first-order chi connectivity index (χ1) is 11.1. The minimum atomic E-state index is -0.443. The molecule has 0 fully saturated rings. The van der Waals surface area contributed by atoms with Crippen molar-refractivity contribution in [3.63, 3.8) is 0 Å². The molecule has 0 aromatic heterocycles. The van der Waals surface area contributed by atoms with Gasteiger partial charge >= 0.3 is 5.97 Å². The van der Waals surface area contributed by atoms with Crippen LogP contribution in [-0.2, 0) is 16.1 Å². The van der Waals surface area contributed by atoms with Gasteiger partial charge < -0.3 is 15.4 Å². The van der Waals surface area contributed by atoms with Gasteiger partial charge in [-0.1, -0.05) is 29.8 Å². The molecule has 0 unspecified atom stereocenters. The Morgan fingerprint density at radius 1 is 1.13 bits per heavy atom. The molecule has 0 atom stereocenters. The summed E-state index contributed by atoms with van der Waals surface area (Å²) >= 11 is 5.81. The van der Waals surface area contributed by atoms with Gasteiger partial charge in [0, 0.05) is 17.3 Å². The number of hydrogen-bond acceptors (Lipinski definition) is 4. The summed E-state index contributed by atoms with van der Waals surface area (Å²) in [7, 11) is 1.31. The van der Waals surface area contributed by atoms with Crippen LogP contribution in [0.4, 0.5) is 5.69 Å². The molecular weight excluding hydrogens is 316 g/mol. The Morgan fingerprint density at radius 2 is 1.87 bits per heavy atom. The Hall–Kier alpha value is -2.37. The Labute approximate surface area is 139 Å². The molecule has 2 rings (SSSR count). The molecule has 6 heteroatoms. The lowest BCUT2D eigenvalue weighted by Crippen LogP contribution is -2.27. The molecule has 0 bridgehead atoms. The van der Waals surface area contributed by atoms with Crippen LogP contribution in [0.5, 0.6) is 0 Å². The standard InChI is InChI=1S/C17H17ClN2O3/c1-23-17(22)13-3-2-4-15(9-13)20-16(21)11-19-10-12-5-7-14(18)8-6-12/h2-9,19H,10-11H2,1H3,(H,20,21). The second-order valence-electron chi connectivity index (χ2n) is 4.85. The van der Waals surface area contributed by atoms with Crippen molar-refractivity contribution in [1.29, 1.82) is 0 Å². The van der Waals surface area contributed by atoms with E-state index in [0.29, 0.717) is 22.8 Å². The summed E-state index contributed by atoms with van der Waals surface area (Å²) in [5, 5.41) is 6.45. The van der Waals surface area contributed by atoms with Crippen molar-refractivity contribution in [3.8, 4) is 0 Å². The first-order valence-corrected chi connectivity index (χ1v) is 7.39. The zero-order valence-corrected chi connectivity index (χ0v) is 13.4. The summed E-state index contributed by atoms with van der Waals surface area (Å²) < 4.78 is 4.65. The lowest BCUT2D eigenvalue weighted by molar-refractivity contribution is -0.115. The number of anilines is 1. The fourth-order valence-electron chi connectivity index (χ4n) is 1.97. The summed E-state index contributed by atoms with van der Waals surface area (Å²) in [5.74, 6) is -0.636. The number of halogens is 1. The average molecular weight is 333 g/mol. The molecule has 2 aromatic rings. The quantitative estimate of drug-likeness (QED) is 0.798. The predicted molar refractivity (Wildman–Crippen MR) is 89.6 cm³/mol. The van der Waals surface area contributed by atoms with Gasteiger partial charge in [0.15, 0.2) is 0 Å². The van der Waals surface area contributed by atoms with E-state index in [4.69, 9.17) is 11.6 Å². The van der Waals surface area contributed by atoms with E-state index in [2.05, 4.69) is 15.4 Å². The molecule has 2 aromatic carbocycles. The van der Waals surface area contributed by atoms with Crippen molar-refractivity contribution in [2.45, 2.75) is 6.54 Å². The predicted octanol–water partition coefficient (Wildman–Crippen LogP) is 2.85. The molecule has 2 N–H and O–H groups in total. The number of benzene rings is 2. The van der Waals surface area contributed by atoms with E-state index >= 15 is 0 Å². The monoisotopic (exact) mass is 332 g/mol. The van der Waals surface area contributed by atoms with Crippen molar-refractivity contribution < 1.29 is 14.3 Å². The Balaban J connectivity index is 1.82. The van der Waals surface area contributed by atoms with E-state index in [9.17, 15) is 9.59 Å². The third-order valence-corrected chi connectivity index (χ3v) is 3.35. The maximum atomic E-state index is 11.9. The van der Waals surface area contributed by atoms with Gasteiger partial charge in [0.1, 0.15) is 0 Å². The summed E-state index contributed by atoms with van der Waals surface area (Å²) in [6.45, 7) is 0.720. The first-order valence-electron chi connectivity index (χ1n) is 7.02. The molecule has 0 spiro atoms. The number of carbonyl (C=O) groups is 2. The van der Waals surface area contributed by atoms with Crippen LogP contribution in [0.1, 0.15) is 15.9 Å². The average Bonchev–Trinajstić information content (AvgIpc) is 2.56. The molecule has 0 saturated carbocycles. The maximum absolute atomic E-state index is 11.9. The second kappa shape index (κ2) is 8.31. The van der Waals surface area contributed by atoms with Gasteiger partial charge in [0.2, 0.25) is 5.91 Å². The van der Waals surface area contributed by atoms with Crippen LogP contribution in [-0.4, -0.2) is 25.5 Å². The minimum Gasteiger partial charge on any atom is -0.465 e. The van der Waals surface area contributed by atoms with Crippen LogP contribution in [0.15, 0.2) is 48.5 Å². The Kier molecular flexibility index (Phi) is 6.14. The number of ether oxygens (including phenoxy) is 1. The number of carbonyl (C=O) groups excluding carboxylic acids is 2. The summed E-state index contributed by atoms with van der Waals surface area (Å²) in [5.41, 5.74) is 1.97. The first kappa shape index (κ1) is 17.0. The van der Waals surface area contributed by atoms with E-state index < -0.39 is 5.97 Å². The van der Waals surface area contributed by atoms with Gasteiger partial charge in [-0.2, -0.15) is 0 Å². The van der Waals surface area contributed by atoms with E-state index in [1.54, 1.807) is 36.4 Å². The smallest absolute Gasteiger partial charge is 0.337 e. The summed E-state index contributed by atoms with van der Waals surface area (Å²) in [6.07, 6.45) is 0. The fraction of sp³-hybridized carbons (Fsp3) is 0.176. The highest BCUT2D eigenvalue weighted by molar-refractivity contribution is 6.30. The number of methoxy groups -OCH3 is 1. The van der Waals surface area contributed by atoms with Gasteiger partial charge in [-0.25, -0.2) is 4.79 Å². The fourth-order valence-corrected chi connectivity index (χ4v) is 2.10. The summed E-state index contributed by atoms with van der Waals surface area (Å²) in [6, 6.07) is 14.0. The molecule has 5 nitrogen and oxygen atoms in total. The number of nitrogens with one attached hydrogen (secondary N) is 2. The van der Waals surface area contributed by atoms with Gasteiger partial charge in [0.05, 0.1) is 19.2 Å². The third-order valence-electron chi connectivity index (χ3n) is 3.10. The van der Waals surface area contributed by atoms with Crippen LogP contribution in [0.2, 0.25) is 5.02 Å². The number of amides is 1. The van der Waals surface area contributed by atoms with Crippen molar-refractivity contribution in [2.75, 3.05) is 19.0 Å². The van der Waals surface area contributed by atoms with Gasteiger partial charge in [-0.15, -0.1) is 0 Å². The lowest BCUT2D eigenvalue weighted by atomic mass is 10.2. The van der Waals surface area contributed by atoms with Gasteiger partial charge in [-0.05, 0) is 35.9 Å². The highest BCUT2D eigenvalue weighted by atomic mass is 35.5. The molecule has 0 radical (unpaired) electrons. The van der Waals surface area contributed by atoms with Gasteiger partial charge in [0.25, 0.3) is 0 Å². The molecule has 0 aliphatic rings. The summed E-state index contributed by atoms with van der Waals surface area (Å²) in [4.78, 5) is 23.3. The second-order valence-corrected chi connectivity index (χ2v) is 5.29. The largest absolute Gasteiger partial charge is 0.465 e. The van der Waals surface area contributed by atoms with Crippen molar-refractivity contribution in [2.24, 2.45) is 0 Å². The molecule has 1 amide bonds. The molecular formula is C17H17ClN2O3. The van der Waals surface area contributed by atoms with Crippen LogP contribution < -0.4 is 10.6 Å². The molecule has 0 aliphatic heterocycles. The Morgan fingerprint density at radius 3 is 2.57 bits per heavy atom. The van der Waals surface area contributed by atoms with Crippen molar-refractivity contribution in [1.82, 2.24) is 5.32 Å². The molecule has 23 heavy (non-hydrogen) atoms. The Bertz CT molecular complexity index is 686. The number of hydrogen-bond donors (Lipinski definition) is 2. The zero-order chi connectivity index (χ0) is 16.7. The molecule has 120 valence electrons. The van der Waals surface area contributed by atoms with Crippen molar-refractivity contribution in [3.05, 3.63) is 64.7 Å². The van der Waals surface area contributed by atoms with E-state index in [1.807, 2.05) is 12.1 Å². The SMILES string of the molecule is COC(=O)c1cccc(NC(=O)CNCc2ccc(Cl)cc2)c1. The topological polar surface area (TPSA) is 67.4 Å². The van der Waals surface area contributed by atoms with Crippen LogP contribution in [0, 0.1) is 0 Å². The van der Waals surface area contributed by atoms with Crippen LogP contribution in [0.25, 0.3) is 0 Å². The van der Waals surface area contributed by atoms with E-state index in [1.165, 1.54) is 7.11 Å². The lowest BCUT2D eigenvalue weighted by Gasteiger charge is -2.08. The highest BCUT2D eigenvalue weighted by Gasteiger charge is 2.07. The third kappa shape index (κ3) is 5.39. The van der Waals surface area contributed by atoms with Crippen LogP contribution in [0.3, 0.4) is 0 Å². The van der Waals surface area contributed by atoms with E-state index in [-0.39, 0.29) is 12.5 Å². The minimum absolute atomic E-state index is 0.158. The van der Waals surface area contributed by atoms with Gasteiger partial charge in [-0.3, -0.25) is 4.79 Å². The van der Waals surface area contributed by atoms with E-state index in [0.717, 1.165) is 5.56 Å². The van der Waals surface area contributed by atoms with Crippen molar-refractivity contribution >= 4 is 29.2 Å². The molecule has 0 saturated heterocycles. The zero-order valence-electron chi connectivity index (χ0n) is 12.6.